The molecule has 0 aliphatic rings. The standard InChI is InChI=1S/C15H15ClFNO/c16-13-7-2-8-14(17)15(13)19-9-3-5-11-4-1-6-12(18)10-11/h1-2,4,6-8,10H,3,5,9,18H2. The Bertz CT molecular complexity index is 539. The number of hydrogen-bond donors (Lipinski definition) is 1. The van der Waals surface area contributed by atoms with E-state index in [2.05, 4.69) is 0 Å². The van der Waals surface area contributed by atoms with Gasteiger partial charge < -0.3 is 10.5 Å². The molecule has 0 atom stereocenters. The molecule has 0 aromatic heterocycles. The molecule has 0 amide bonds. The predicted octanol–water partition coefficient (Wildman–Crippen LogP) is 4.07. The van der Waals surface area contributed by atoms with E-state index in [4.69, 9.17) is 22.1 Å². The summed E-state index contributed by atoms with van der Waals surface area (Å²) in [7, 11) is 0. The monoisotopic (exact) mass is 279 g/mol. The van der Waals surface area contributed by atoms with Gasteiger partial charge in [-0.15, -0.1) is 0 Å². The molecule has 0 radical (unpaired) electrons. The van der Waals surface area contributed by atoms with Gasteiger partial charge >= 0.3 is 0 Å². The zero-order chi connectivity index (χ0) is 13.7. The fourth-order valence-corrected chi connectivity index (χ4v) is 2.04. The normalized spacial score (nSPS) is 10.4. The van der Waals surface area contributed by atoms with Gasteiger partial charge in [-0.3, -0.25) is 0 Å². The first-order chi connectivity index (χ1) is 9.16. The molecule has 0 unspecified atom stereocenters. The van der Waals surface area contributed by atoms with E-state index < -0.39 is 5.82 Å². The summed E-state index contributed by atoms with van der Waals surface area (Å²) in [5.74, 6) is -0.312. The molecular formula is C15H15ClFNO. The van der Waals surface area contributed by atoms with E-state index in [-0.39, 0.29) is 5.75 Å². The van der Waals surface area contributed by atoms with Crippen molar-refractivity contribution >= 4 is 17.3 Å². The molecule has 100 valence electrons. The second-order valence-corrected chi connectivity index (χ2v) is 4.66. The molecule has 2 aromatic rings. The van der Waals surface area contributed by atoms with Gasteiger partial charge in [-0.05, 0) is 42.7 Å². The number of nitrogens with two attached hydrogens (primary N) is 1. The first kappa shape index (κ1) is 13.7. The van der Waals surface area contributed by atoms with Crippen LogP contribution in [0.3, 0.4) is 0 Å². The lowest BCUT2D eigenvalue weighted by atomic mass is 10.1. The van der Waals surface area contributed by atoms with Crippen molar-refractivity contribution in [2.45, 2.75) is 12.8 Å². The maximum absolute atomic E-state index is 13.4. The second kappa shape index (κ2) is 6.43. The third-order valence-corrected chi connectivity index (χ3v) is 3.02. The zero-order valence-electron chi connectivity index (χ0n) is 10.4. The molecule has 0 saturated heterocycles. The van der Waals surface area contributed by atoms with Gasteiger partial charge in [0.2, 0.25) is 0 Å². The highest BCUT2D eigenvalue weighted by molar-refractivity contribution is 6.32. The Morgan fingerprint density at radius 3 is 2.68 bits per heavy atom. The Labute approximate surface area is 117 Å². The van der Waals surface area contributed by atoms with Crippen molar-refractivity contribution in [3.63, 3.8) is 0 Å². The van der Waals surface area contributed by atoms with E-state index in [1.165, 1.54) is 6.07 Å². The van der Waals surface area contributed by atoms with Crippen LogP contribution in [0.4, 0.5) is 10.1 Å². The highest BCUT2D eigenvalue weighted by Crippen LogP contribution is 2.27. The molecule has 19 heavy (non-hydrogen) atoms. The van der Waals surface area contributed by atoms with Crippen LogP contribution in [0.5, 0.6) is 5.75 Å². The molecule has 0 aliphatic carbocycles. The lowest BCUT2D eigenvalue weighted by Crippen LogP contribution is -2.01. The number of halogens is 2. The van der Waals surface area contributed by atoms with Crippen molar-refractivity contribution in [1.29, 1.82) is 0 Å². The van der Waals surface area contributed by atoms with Gasteiger partial charge in [0.1, 0.15) is 0 Å². The average molecular weight is 280 g/mol. The smallest absolute Gasteiger partial charge is 0.173 e. The minimum atomic E-state index is -0.434. The van der Waals surface area contributed by atoms with Crippen molar-refractivity contribution < 1.29 is 9.13 Å². The SMILES string of the molecule is Nc1cccc(CCCOc2c(F)cccc2Cl)c1. The molecule has 0 bridgehead atoms. The molecule has 2 nitrogen and oxygen atoms in total. The van der Waals surface area contributed by atoms with E-state index in [0.29, 0.717) is 11.6 Å². The fraction of sp³-hybridized carbons (Fsp3) is 0.200. The van der Waals surface area contributed by atoms with Gasteiger partial charge in [0.05, 0.1) is 11.6 Å². The van der Waals surface area contributed by atoms with Crippen molar-refractivity contribution in [3.8, 4) is 5.75 Å². The van der Waals surface area contributed by atoms with Crippen LogP contribution >= 0.6 is 11.6 Å². The lowest BCUT2D eigenvalue weighted by molar-refractivity contribution is 0.296. The minimum Gasteiger partial charge on any atom is -0.489 e. The molecule has 0 heterocycles. The summed E-state index contributed by atoms with van der Waals surface area (Å²) in [6.45, 7) is 0.412. The van der Waals surface area contributed by atoms with Gasteiger partial charge in [-0.2, -0.15) is 0 Å². The molecule has 2 aromatic carbocycles. The number of aryl methyl sites for hydroxylation is 1. The highest BCUT2D eigenvalue weighted by Gasteiger charge is 2.07. The van der Waals surface area contributed by atoms with Crippen LogP contribution in [0.15, 0.2) is 42.5 Å². The largest absolute Gasteiger partial charge is 0.489 e. The van der Waals surface area contributed by atoms with Crippen molar-refractivity contribution in [2.24, 2.45) is 0 Å². The van der Waals surface area contributed by atoms with Gasteiger partial charge in [0.25, 0.3) is 0 Å². The summed E-state index contributed by atoms with van der Waals surface area (Å²) < 4.78 is 18.8. The average Bonchev–Trinajstić information content (AvgIpc) is 2.37. The summed E-state index contributed by atoms with van der Waals surface area (Å²) >= 11 is 5.86. The Morgan fingerprint density at radius 2 is 1.95 bits per heavy atom. The lowest BCUT2D eigenvalue weighted by Gasteiger charge is -2.09. The van der Waals surface area contributed by atoms with E-state index >= 15 is 0 Å². The van der Waals surface area contributed by atoms with Gasteiger partial charge in [0.15, 0.2) is 11.6 Å². The van der Waals surface area contributed by atoms with Crippen molar-refractivity contribution in [2.75, 3.05) is 12.3 Å². The van der Waals surface area contributed by atoms with Gasteiger partial charge in [0, 0.05) is 5.69 Å². The molecule has 0 aliphatic heterocycles. The minimum absolute atomic E-state index is 0.122. The van der Waals surface area contributed by atoms with Crippen LogP contribution in [0.25, 0.3) is 0 Å². The third kappa shape index (κ3) is 3.86. The van der Waals surface area contributed by atoms with E-state index in [0.717, 1.165) is 24.1 Å². The third-order valence-electron chi connectivity index (χ3n) is 2.73. The Balaban J connectivity index is 1.84. The Hall–Kier alpha value is -1.74. The number of benzene rings is 2. The molecule has 2 rings (SSSR count). The number of hydrogen-bond acceptors (Lipinski definition) is 2. The van der Waals surface area contributed by atoms with Gasteiger partial charge in [-0.1, -0.05) is 29.8 Å². The molecule has 0 fully saturated rings. The second-order valence-electron chi connectivity index (χ2n) is 4.25. The molecule has 2 N–H and O–H groups in total. The van der Waals surface area contributed by atoms with Crippen LogP contribution in [0.1, 0.15) is 12.0 Å². The van der Waals surface area contributed by atoms with Crippen LogP contribution in [0.2, 0.25) is 5.02 Å². The van der Waals surface area contributed by atoms with E-state index in [1.807, 2.05) is 24.3 Å². The summed E-state index contributed by atoms with van der Waals surface area (Å²) in [4.78, 5) is 0. The number of nitrogen functional groups attached to an aromatic ring is 1. The summed E-state index contributed by atoms with van der Waals surface area (Å²) in [6, 6.07) is 12.2. The maximum Gasteiger partial charge on any atom is 0.173 e. The first-order valence-electron chi connectivity index (χ1n) is 6.08. The number of rotatable bonds is 5. The van der Waals surface area contributed by atoms with E-state index in [1.54, 1.807) is 12.1 Å². The highest BCUT2D eigenvalue weighted by atomic mass is 35.5. The van der Waals surface area contributed by atoms with Crippen LogP contribution < -0.4 is 10.5 Å². The van der Waals surface area contributed by atoms with Crippen LogP contribution in [-0.2, 0) is 6.42 Å². The Morgan fingerprint density at radius 1 is 1.16 bits per heavy atom. The summed E-state index contributed by atoms with van der Waals surface area (Å²) in [5, 5.41) is 0.295. The van der Waals surface area contributed by atoms with Crippen molar-refractivity contribution in [1.82, 2.24) is 0 Å². The quantitative estimate of drug-likeness (QED) is 0.661. The summed E-state index contributed by atoms with van der Waals surface area (Å²) in [5.41, 5.74) is 7.58. The first-order valence-corrected chi connectivity index (χ1v) is 6.46. The van der Waals surface area contributed by atoms with Crippen molar-refractivity contribution in [3.05, 3.63) is 58.9 Å². The zero-order valence-corrected chi connectivity index (χ0v) is 11.2. The predicted molar refractivity (Wildman–Crippen MR) is 76.1 cm³/mol. The van der Waals surface area contributed by atoms with E-state index in [9.17, 15) is 4.39 Å². The number of anilines is 1. The number of ether oxygens (including phenoxy) is 1. The molecule has 0 spiro atoms. The molecule has 4 heteroatoms. The topological polar surface area (TPSA) is 35.2 Å². The number of para-hydroxylation sites is 1. The maximum atomic E-state index is 13.4. The fourth-order valence-electron chi connectivity index (χ4n) is 1.82. The molecule has 0 saturated carbocycles. The van der Waals surface area contributed by atoms with Crippen LogP contribution in [-0.4, -0.2) is 6.61 Å². The van der Waals surface area contributed by atoms with Gasteiger partial charge in [-0.25, -0.2) is 4.39 Å². The van der Waals surface area contributed by atoms with Crippen LogP contribution in [0, 0.1) is 5.82 Å². The Kier molecular flexibility index (Phi) is 4.63. The summed E-state index contributed by atoms with van der Waals surface area (Å²) in [6.07, 6.45) is 1.60. The molecular weight excluding hydrogens is 265 g/mol.